The second-order valence-electron chi connectivity index (χ2n) is 15.9. The maximum absolute atomic E-state index is 13.8. The van der Waals surface area contributed by atoms with Crippen molar-refractivity contribution in [2.24, 2.45) is 29.6 Å². The molecule has 0 aromatic rings. The smallest absolute Gasteiger partial charge is 0.373 e. The Hall–Kier alpha value is -2.65. The first kappa shape index (κ1) is 46.7. The second-order valence-corrected chi connectivity index (χ2v) is 15.9. The van der Waals surface area contributed by atoms with Crippen LogP contribution in [0, 0.1) is 29.6 Å². The minimum absolute atomic E-state index is 0.0349. The lowest BCUT2D eigenvalue weighted by Crippen LogP contribution is -2.59. The van der Waals surface area contributed by atoms with Crippen LogP contribution in [0.3, 0.4) is 0 Å². The topological polar surface area (TPSA) is 174 Å². The SMILES string of the molecule is C/C=C/C=C/C1OC(O)(C(C)C(O)C(C)C2OC(=O)/C(OC)=C/C(C)=C/C(C)C(O)C(C)C/C(C)=C\C=C\C2OC)CC(O[C@H]2C[C@@H](O)[C@H](O)[C@@H](C)O2)C1C. The van der Waals surface area contributed by atoms with E-state index in [1.165, 1.54) is 14.2 Å². The lowest BCUT2D eigenvalue weighted by molar-refractivity contribution is -0.339. The molecule has 16 atom stereocenters. The highest BCUT2D eigenvalue weighted by molar-refractivity contribution is 5.87. The lowest BCUT2D eigenvalue weighted by atomic mass is 9.77. The zero-order valence-electron chi connectivity index (χ0n) is 34.6. The predicted octanol–water partition coefficient (Wildman–Crippen LogP) is 5.05. The molecule has 55 heavy (non-hydrogen) atoms. The van der Waals surface area contributed by atoms with E-state index >= 15 is 0 Å². The Morgan fingerprint density at radius 1 is 1.04 bits per heavy atom. The number of hydrogen-bond acceptors (Lipinski definition) is 12. The highest BCUT2D eigenvalue weighted by Crippen LogP contribution is 2.42. The molecule has 12 nitrogen and oxygen atoms in total. The summed E-state index contributed by atoms with van der Waals surface area (Å²) in [6.07, 6.45) is 8.29. The molecule has 0 spiro atoms. The van der Waals surface area contributed by atoms with Crippen molar-refractivity contribution in [3.63, 3.8) is 0 Å². The molecule has 0 radical (unpaired) electrons. The van der Waals surface area contributed by atoms with Gasteiger partial charge in [0.05, 0.1) is 43.7 Å². The fraction of sp³-hybridized carbons (Fsp3) is 0.698. The van der Waals surface area contributed by atoms with Gasteiger partial charge in [-0.2, -0.15) is 0 Å². The molecular weight excluding hydrogens is 708 g/mol. The highest BCUT2D eigenvalue weighted by Gasteiger charge is 2.52. The van der Waals surface area contributed by atoms with Crippen molar-refractivity contribution in [1.29, 1.82) is 0 Å². The van der Waals surface area contributed by atoms with Crippen LogP contribution in [0.1, 0.15) is 81.6 Å². The summed E-state index contributed by atoms with van der Waals surface area (Å²) in [4.78, 5) is 13.8. The van der Waals surface area contributed by atoms with Gasteiger partial charge >= 0.3 is 5.97 Å². The molecule has 0 aromatic carbocycles. The molecule has 0 aromatic heterocycles. The number of ether oxygens (including phenoxy) is 6. The van der Waals surface area contributed by atoms with E-state index in [2.05, 4.69) is 0 Å². The van der Waals surface area contributed by atoms with Crippen LogP contribution in [0.5, 0.6) is 0 Å². The first-order chi connectivity index (χ1) is 25.9. The molecule has 3 aliphatic rings. The number of rotatable bonds is 10. The summed E-state index contributed by atoms with van der Waals surface area (Å²) in [5.41, 5.74) is 1.74. The number of hydrogen-bond donors (Lipinski definition) is 5. The van der Waals surface area contributed by atoms with Crippen LogP contribution in [0.15, 0.2) is 71.6 Å². The Kier molecular flexibility index (Phi) is 18.0. The van der Waals surface area contributed by atoms with Gasteiger partial charge in [0, 0.05) is 43.6 Å². The van der Waals surface area contributed by atoms with E-state index in [0.717, 1.165) is 5.57 Å². The van der Waals surface area contributed by atoms with Crippen LogP contribution < -0.4 is 0 Å². The molecule has 5 N–H and O–H groups in total. The summed E-state index contributed by atoms with van der Waals surface area (Å²) < 4.78 is 36.1. The zero-order chi connectivity index (χ0) is 41.2. The molecule has 2 fully saturated rings. The van der Waals surface area contributed by atoms with Gasteiger partial charge in [-0.25, -0.2) is 4.79 Å². The summed E-state index contributed by atoms with van der Waals surface area (Å²) >= 11 is 0. The summed E-state index contributed by atoms with van der Waals surface area (Å²) in [6, 6.07) is 0. The molecule has 3 heterocycles. The predicted molar refractivity (Wildman–Crippen MR) is 209 cm³/mol. The highest BCUT2D eigenvalue weighted by atomic mass is 16.7. The van der Waals surface area contributed by atoms with Crippen LogP contribution in [0.25, 0.3) is 0 Å². The molecule has 0 bridgehead atoms. The van der Waals surface area contributed by atoms with Crippen molar-refractivity contribution in [1.82, 2.24) is 0 Å². The zero-order valence-corrected chi connectivity index (χ0v) is 34.6. The number of aliphatic hydroxyl groups excluding tert-OH is 4. The van der Waals surface area contributed by atoms with Gasteiger partial charge in [-0.15, -0.1) is 0 Å². The Bertz CT molecular complexity index is 1410. The van der Waals surface area contributed by atoms with E-state index in [1.54, 1.807) is 32.9 Å². The van der Waals surface area contributed by atoms with Gasteiger partial charge in [0.15, 0.2) is 12.1 Å². The average Bonchev–Trinajstić information content (AvgIpc) is 3.13. The monoisotopic (exact) mass is 776 g/mol. The molecule has 12 unspecified atom stereocenters. The Morgan fingerprint density at radius 3 is 2.35 bits per heavy atom. The van der Waals surface area contributed by atoms with Crippen molar-refractivity contribution < 1.29 is 58.7 Å². The first-order valence-corrected chi connectivity index (χ1v) is 19.6. The van der Waals surface area contributed by atoms with Gasteiger partial charge in [0.1, 0.15) is 18.3 Å². The Balaban J connectivity index is 2.00. The third-order valence-corrected chi connectivity index (χ3v) is 11.4. The third kappa shape index (κ3) is 12.4. The van der Waals surface area contributed by atoms with Crippen LogP contribution in [-0.2, 0) is 33.2 Å². The minimum atomic E-state index is -1.92. The second kappa shape index (κ2) is 21.2. The number of cyclic esters (lactones) is 1. The van der Waals surface area contributed by atoms with Gasteiger partial charge in [-0.05, 0) is 46.1 Å². The van der Waals surface area contributed by atoms with E-state index in [9.17, 15) is 30.3 Å². The van der Waals surface area contributed by atoms with Crippen LogP contribution in [0.4, 0.5) is 0 Å². The Morgan fingerprint density at radius 2 is 1.73 bits per heavy atom. The number of methoxy groups -OCH3 is 2. The number of carbonyl (C=O) groups is 1. The molecule has 2 saturated heterocycles. The van der Waals surface area contributed by atoms with E-state index < -0.39 is 84.8 Å². The number of aliphatic hydroxyl groups is 5. The van der Waals surface area contributed by atoms with Gasteiger partial charge in [-0.1, -0.05) is 94.4 Å². The summed E-state index contributed by atoms with van der Waals surface area (Å²) in [7, 11) is 2.86. The fourth-order valence-electron chi connectivity index (χ4n) is 7.76. The molecule has 3 rings (SSSR count). The van der Waals surface area contributed by atoms with Crippen LogP contribution in [-0.4, -0.2) is 113 Å². The quantitative estimate of drug-likeness (QED) is 0.148. The number of esters is 1. The fourth-order valence-corrected chi connectivity index (χ4v) is 7.76. The van der Waals surface area contributed by atoms with Crippen molar-refractivity contribution in [3.05, 3.63) is 71.6 Å². The van der Waals surface area contributed by atoms with E-state index in [-0.39, 0.29) is 36.4 Å². The van der Waals surface area contributed by atoms with Gasteiger partial charge in [0.25, 0.3) is 0 Å². The van der Waals surface area contributed by atoms with E-state index in [0.29, 0.717) is 12.0 Å². The summed E-state index contributed by atoms with van der Waals surface area (Å²) in [5.74, 6) is -5.04. The molecule has 312 valence electrons. The average molecular weight is 777 g/mol. The normalized spacial score (nSPS) is 42.6. The van der Waals surface area contributed by atoms with Crippen LogP contribution in [0.2, 0.25) is 0 Å². The maximum Gasteiger partial charge on any atom is 0.373 e. The summed E-state index contributed by atoms with van der Waals surface area (Å²) in [6.45, 7) is 16.6. The molecule has 0 aliphatic carbocycles. The molecule has 0 saturated carbocycles. The third-order valence-electron chi connectivity index (χ3n) is 11.4. The first-order valence-electron chi connectivity index (χ1n) is 19.6. The molecular formula is C43H68O12. The van der Waals surface area contributed by atoms with Crippen molar-refractivity contribution in [2.45, 2.75) is 149 Å². The van der Waals surface area contributed by atoms with E-state index in [1.807, 2.05) is 84.1 Å². The van der Waals surface area contributed by atoms with Crippen LogP contribution >= 0.6 is 0 Å². The minimum Gasteiger partial charge on any atom is -0.490 e. The Labute approximate surface area is 328 Å². The van der Waals surface area contributed by atoms with E-state index in [4.69, 9.17) is 28.4 Å². The maximum atomic E-state index is 13.8. The van der Waals surface area contributed by atoms with Gasteiger partial charge in [0.2, 0.25) is 5.76 Å². The summed E-state index contributed by atoms with van der Waals surface area (Å²) in [5, 5.41) is 56.1. The van der Waals surface area contributed by atoms with Crippen molar-refractivity contribution >= 4 is 5.97 Å². The van der Waals surface area contributed by atoms with Crippen molar-refractivity contribution in [3.8, 4) is 0 Å². The number of allylic oxidation sites excluding steroid dienone is 8. The number of carbonyl (C=O) groups excluding carboxylic acids is 1. The van der Waals surface area contributed by atoms with Gasteiger partial charge < -0.3 is 54.0 Å². The largest absolute Gasteiger partial charge is 0.490 e. The standard InChI is InChI=1S/C43H68O12/c1-12-13-14-17-33-28(6)36(53-37-22-32(44)40(47)31(9)52-37)23-43(49,55-33)30(8)39(46)29(7)41-34(50-10)18-15-16-24(2)19-26(4)38(45)27(5)20-25(3)21-35(51-11)42(48)54-41/h12-18,20-21,26-34,36-41,44-47,49H,19,22-23H2,1-11H3/b13-12+,17-14+,18-15+,24-16-,25-20+,35-21-/t26?,27?,28?,29?,30?,31-,32-,33?,34?,36?,37+,38?,39?,40-,41?,43?/m1/s1. The molecule has 12 heteroatoms. The van der Waals surface area contributed by atoms with Crippen molar-refractivity contribution in [2.75, 3.05) is 14.2 Å². The molecule has 3 aliphatic heterocycles. The molecule has 0 amide bonds. The van der Waals surface area contributed by atoms with Gasteiger partial charge in [-0.3, -0.25) is 0 Å². The lowest BCUT2D eigenvalue weighted by Gasteiger charge is -2.49.